The standard InChI is InChI=1S/C20H25F3N4/c1-12-8-15(11-24-19-26-13(2)25-14(3)27-19)4-5-16(9-12)17-6-7-18(10-17)20(21,22)23/h4-5,8-9,12,17-18H,6-7,10-11H2,1-3H3,(H,24,25,26,27). The maximum atomic E-state index is 13.0. The van der Waals surface area contributed by atoms with E-state index in [0.29, 0.717) is 30.6 Å². The first kappa shape index (κ1) is 19.6. The smallest absolute Gasteiger partial charge is 0.350 e. The van der Waals surface area contributed by atoms with Crippen LogP contribution in [0.25, 0.3) is 0 Å². The minimum absolute atomic E-state index is 0.00938. The predicted octanol–water partition coefficient (Wildman–Crippen LogP) is 4.94. The van der Waals surface area contributed by atoms with E-state index in [4.69, 9.17) is 0 Å². The SMILES string of the molecule is Cc1nc(C)nc(NCC2=CC(C)C=C(C3CCC(C(F)(F)F)C3)C=C2)n1. The van der Waals surface area contributed by atoms with Gasteiger partial charge in [-0.25, -0.2) is 4.98 Å². The normalized spacial score (nSPS) is 25.8. The Bertz CT molecular complexity index is 760. The van der Waals surface area contributed by atoms with Gasteiger partial charge < -0.3 is 5.32 Å². The van der Waals surface area contributed by atoms with Crippen LogP contribution in [-0.4, -0.2) is 27.7 Å². The second-order valence-corrected chi connectivity index (χ2v) is 7.46. The molecule has 146 valence electrons. The highest BCUT2D eigenvalue weighted by molar-refractivity contribution is 5.39. The molecule has 1 aromatic rings. The number of aromatic nitrogens is 3. The Morgan fingerprint density at radius 3 is 2.37 bits per heavy atom. The Labute approximate surface area is 157 Å². The molecule has 4 nitrogen and oxygen atoms in total. The molecule has 2 aliphatic carbocycles. The Morgan fingerprint density at radius 1 is 1.04 bits per heavy atom. The third kappa shape index (κ3) is 5.17. The zero-order valence-electron chi connectivity index (χ0n) is 15.8. The molecular formula is C20H25F3N4. The number of nitrogens with zero attached hydrogens (tertiary/aromatic N) is 3. The fraction of sp³-hybridized carbons (Fsp3) is 0.550. The van der Waals surface area contributed by atoms with Crippen molar-refractivity contribution in [3.63, 3.8) is 0 Å². The summed E-state index contributed by atoms with van der Waals surface area (Å²) in [6, 6.07) is 0. The van der Waals surface area contributed by atoms with Crippen LogP contribution in [-0.2, 0) is 0 Å². The molecule has 1 fully saturated rings. The van der Waals surface area contributed by atoms with Crippen LogP contribution in [0.3, 0.4) is 0 Å². The maximum absolute atomic E-state index is 13.0. The third-order valence-corrected chi connectivity index (χ3v) is 5.10. The summed E-state index contributed by atoms with van der Waals surface area (Å²) < 4.78 is 38.9. The largest absolute Gasteiger partial charge is 0.391 e. The molecule has 0 spiro atoms. The molecule has 7 heteroatoms. The maximum Gasteiger partial charge on any atom is 0.391 e. The Morgan fingerprint density at radius 2 is 1.74 bits per heavy atom. The van der Waals surface area contributed by atoms with Gasteiger partial charge in [-0.05, 0) is 56.1 Å². The van der Waals surface area contributed by atoms with Crippen molar-refractivity contribution in [1.29, 1.82) is 0 Å². The first-order valence-electron chi connectivity index (χ1n) is 9.31. The van der Waals surface area contributed by atoms with Crippen molar-refractivity contribution in [2.75, 3.05) is 11.9 Å². The number of anilines is 1. The minimum Gasteiger partial charge on any atom is -0.350 e. The second kappa shape index (κ2) is 7.82. The topological polar surface area (TPSA) is 50.7 Å². The lowest BCUT2D eigenvalue weighted by atomic mass is 9.93. The molecule has 2 aliphatic rings. The summed E-state index contributed by atoms with van der Waals surface area (Å²) in [4.78, 5) is 12.7. The molecule has 1 N–H and O–H groups in total. The minimum atomic E-state index is -4.08. The van der Waals surface area contributed by atoms with Crippen LogP contribution in [0.1, 0.15) is 37.8 Å². The fourth-order valence-electron chi connectivity index (χ4n) is 3.85. The van der Waals surface area contributed by atoms with E-state index in [0.717, 1.165) is 11.1 Å². The molecule has 0 saturated heterocycles. The molecule has 3 atom stereocenters. The average Bonchev–Trinajstić information content (AvgIpc) is 2.98. The summed E-state index contributed by atoms with van der Waals surface area (Å²) in [6.07, 6.45) is 5.12. The van der Waals surface area contributed by atoms with Crippen molar-refractivity contribution in [2.45, 2.75) is 46.2 Å². The summed E-state index contributed by atoms with van der Waals surface area (Å²) in [5.41, 5.74) is 2.09. The van der Waals surface area contributed by atoms with Gasteiger partial charge in [-0.3, -0.25) is 0 Å². The van der Waals surface area contributed by atoms with E-state index in [-0.39, 0.29) is 24.7 Å². The summed E-state index contributed by atoms with van der Waals surface area (Å²) in [5, 5.41) is 3.20. The fourth-order valence-corrected chi connectivity index (χ4v) is 3.85. The van der Waals surface area contributed by atoms with Gasteiger partial charge in [-0.15, -0.1) is 0 Å². The van der Waals surface area contributed by atoms with Crippen LogP contribution in [0.5, 0.6) is 0 Å². The lowest BCUT2D eigenvalue weighted by Gasteiger charge is -2.15. The van der Waals surface area contributed by atoms with Crippen LogP contribution in [0.4, 0.5) is 19.1 Å². The average molecular weight is 378 g/mol. The van der Waals surface area contributed by atoms with Gasteiger partial charge in [0.05, 0.1) is 5.92 Å². The lowest BCUT2D eigenvalue weighted by Crippen LogP contribution is -2.20. The number of allylic oxidation sites excluding steroid dienone is 4. The molecule has 0 amide bonds. The molecule has 0 bridgehead atoms. The lowest BCUT2D eigenvalue weighted by molar-refractivity contribution is -0.172. The van der Waals surface area contributed by atoms with Crippen molar-refractivity contribution in [2.24, 2.45) is 17.8 Å². The summed E-state index contributed by atoms with van der Waals surface area (Å²) >= 11 is 0. The van der Waals surface area contributed by atoms with Crippen LogP contribution < -0.4 is 5.32 Å². The number of rotatable bonds is 4. The quantitative estimate of drug-likeness (QED) is 0.806. The molecule has 3 unspecified atom stereocenters. The highest BCUT2D eigenvalue weighted by Gasteiger charge is 2.44. The number of hydrogen-bond donors (Lipinski definition) is 1. The van der Waals surface area contributed by atoms with Crippen LogP contribution in [0.15, 0.2) is 35.5 Å². The number of alkyl halides is 3. The molecule has 1 aromatic heterocycles. The predicted molar refractivity (Wildman–Crippen MR) is 99.1 cm³/mol. The Hall–Kier alpha value is -2.18. The molecular weight excluding hydrogens is 353 g/mol. The van der Waals surface area contributed by atoms with Crippen molar-refractivity contribution < 1.29 is 13.2 Å². The van der Waals surface area contributed by atoms with Gasteiger partial charge in [0.2, 0.25) is 5.95 Å². The Balaban J connectivity index is 1.64. The van der Waals surface area contributed by atoms with E-state index >= 15 is 0 Å². The van der Waals surface area contributed by atoms with Gasteiger partial charge in [-0.2, -0.15) is 23.1 Å². The number of halogens is 3. The van der Waals surface area contributed by atoms with Crippen LogP contribution >= 0.6 is 0 Å². The zero-order chi connectivity index (χ0) is 19.6. The van der Waals surface area contributed by atoms with Gasteiger partial charge in [-0.1, -0.05) is 31.2 Å². The molecule has 27 heavy (non-hydrogen) atoms. The van der Waals surface area contributed by atoms with E-state index in [2.05, 4.69) is 39.3 Å². The van der Waals surface area contributed by atoms with Crippen molar-refractivity contribution >= 4 is 5.95 Å². The third-order valence-electron chi connectivity index (χ3n) is 5.10. The van der Waals surface area contributed by atoms with Gasteiger partial charge in [0, 0.05) is 6.54 Å². The zero-order valence-corrected chi connectivity index (χ0v) is 15.8. The monoisotopic (exact) mass is 378 g/mol. The van der Waals surface area contributed by atoms with E-state index < -0.39 is 12.1 Å². The first-order valence-corrected chi connectivity index (χ1v) is 9.31. The molecule has 0 radical (unpaired) electrons. The summed E-state index contributed by atoms with van der Waals surface area (Å²) in [7, 11) is 0. The van der Waals surface area contributed by atoms with Gasteiger partial charge in [0.25, 0.3) is 0 Å². The highest BCUT2D eigenvalue weighted by Crippen LogP contribution is 2.45. The molecule has 3 rings (SSSR count). The summed E-state index contributed by atoms with van der Waals surface area (Å²) in [5.74, 6) is 0.840. The van der Waals surface area contributed by atoms with E-state index in [1.54, 1.807) is 0 Å². The van der Waals surface area contributed by atoms with Gasteiger partial charge >= 0.3 is 6.18 Å². The number of nitrogens with one attached hydrogen (secondary N) is 1. The van der Waals surface area contributed by atoms with Crippen molar-refractivity contribution in [3.05, 3.63) is 47.1 Å². The molecule has 0 aliphatic heterocycles. The van der Waals surface area contributed by atoms with E-state index in [1.807, 2.05) is 26.0 Å². The van der Waals surface area contributed by atoms with Crippen molar-refractivity contribution in [3.8, 4) is 0 Å². The van der Waals surface area contributed by atoms with E-state index in [1.165, 1.54) is 0 Å². The Kier molecular flexibility index (Phi) is 5.67. The van der Waals surface area contributed by atoms with Crippen molar-refractivity contribution in [1.82, 2.24) is 15.0 Å². The molecule has 1 heterocycles. The van der Waals surface area contributed by atoms with Crippen LogP contribution in [0, 0.1) is 31.6 Å². The number of hydrogen-bond acceptors (Lipinski definition) is 4. The van der Waals surface area contributed by atoms with E-state index in [9.17, 15) is 13.2 Å². The van der Waals surface area contributed by atoms with Gasteiger partial charge in [0.1, 0.15) is 11.6 Å². The first-order chi connectivity index (χ1) is 12.7. The summed E-state index contributed by atoms with van der Waals surface area (Å²) in [6.45, 7) is 6.25. The number of aryl methyl sites for hydroxylation is 2. The second-order valence-electron chi connectivity index (χ2n) is 7.46. The van der Waals surface area contributed by atoms with Crippen LogP contribution in [0.2, 0.25) is 0 Å². The van der Waals surface area contributed by atoms with Gasteiger partial charge in [0.15, 0.2) is 0 Å². The molecule has 1 saturated carbocycles. The highest BCUT2D eigenvalue weighted by atomic mass is 19.4. The molecule has 0 aromatic carbocycles.